The minimum Gasteiger partial charge on any atom is -0.546 e. The fraction of sp³-hybridized carbons (Fsp3) is 0.875. The van der Waals surface area contributed by atoms with E-state index in [1.54, 1.807) is 0 Å². The van der Waals surface area contributed by atoms with Crippen LogP contribution in [0.2, 0.25) is 16.6 Å². The first-order valence-electron chi connectivity index (χ1n) is 8.28. The van der Waals surface area contributed by atoms with Crippen molar-refractivity contribution in [3.63, 3.8) is 0 Å². The van der Waals surface area contributed by atoms with Crippen molar-refractivity contribution < 1.29 is 4.43 Å². The van der Waals surface area contributed by atoms with Crippen LogP contribution in [0.15, 0.2) is 16.9 Å². The molecule has 0 amide bonds. The Kier molecular flexibility index (Phi) is 6.82. The second-order valence-corrected chi connectivity index (χ2v) is 12.4. The smallest absolute Gasteiger partial charge is 0.258 e. The molecule has 4 nitrogen and oxygen atoms in total. The van der Waals surface area contributed by atoms with Gasteiger partial charge in [0.2, 0.25) is 0 Å². The molecule has 0 radical (unpaired) electrons. The van der Waals surface area contributed by atoms with Gasteiger partial charge in [-0.05, 0) is 41.1 Å². The Morgan fingerprint density at radius 3 is 2.19 bits per heavy atom. The second-order valence-electron chi connectivity index (χ2n) is 7.07. The topological polar surface area (TPSA) is 58.0 Å². The first kappa shape index (κ1) is 18.1. The van der Waals surface area contributed by atoms with Gasteiger partial charge in [-0.2, -0.15) is 0 Å². The van der Waals surface area contributed by atoms with Crippen molar-refractivity contribution in [3.05, 3.63) is 22.3 Å². The first-order valence-corrected chi connectivity index (χ1v) is 10.4. The molecule has 0 fully saturated rings. The standard InChI is InChI=1S/C16H31N3OSi/c1-12(2)21(13(3)4,14(5)6)20-16-10-8-7-9-15(11-16)18-19-17/h11-15H,7-10H2,1-6H3. The number of hydrogen-bond donors (Lipinski definition) is 0. The van der Waals surface area contributed by atoms with E-state index in [2.05, 4.69) is 57.6 Å². The maximum atomic E-state index is 8.69. The number of hydrogen-bond acceptors (Lipinski definition) is 2. The van der Waals surface area contributed by atoms with E-state index in [4.69, 9.17) is 9.96 Å². The molecule has 21 heavy (non-hydrogen) atoms. The molecular formula is C16H31N3OSi. The van der Waals surface area contributed by atoms with Gasteiger partial charge in [-0.15, -0.1) is 0 Å². The highest BCUT2D eigenvalue weighted by Gasteiger charge is 2.47. The monoisotopic (exact) mass is 309 g/mol. The lowest BCUT2D eigenvalue weighted by Crippen LogP contribution is -2.47. The van der Waals surface area contributed by atoms with E-state index in [0.717, 1.165) is 31.4 Å². The summed E-state index contributed by atoms with van der Waals surface area (Å²) >= 11 is 0. The molecule has 5 heteroatoms. The molecule has 0 aromatic carbocycles. The molecule has 120 valence electrons. The molecule has 1 atom stereocenters. The van der Waals surface area contributed by atoms with Gasteiger partial charge in [-0.1, -0.05) is 53.1 Å². The molecule has 0 spiro atoms. The molecular weight excluding hydrogens is 278 g/mol. The summed E-state index contributed by atoms with van der Waals surface area (Å²) in [6.45, 7) is 13.8. The van der Waals surface area contributed by atoms with Gasteiger partial charge in [0.25, 0.3) is 8.32 Å². The van der Waals surface area contributed by atoms with E-state index in [1.165, 1.54) is 0 Å². The van der Waals surface area contributed by atoms with Crippen LogP contribution in [0.4, 0.5) is 0 Å². The van der Waals surface area contributed by atoms with Gasteiger partial charge in [0, 0.05) is 11.3 Å². The number of allylic oxidation sites excluding steroid dienone is 1. The first-order chi connectivity index (χ1) is 9.84. The van der Waals surface area contributed by atoms with Crippen molar-refractivity contribution in [3.8, 4) is 0 Å². The maximum absolute atomic E-state index is 8.69. The highest BCUT2D eigenvalue weighted by Crippen LogP contribution is 2.44. The zero-order valence-electron chi connectivity index (χ0n) is 14.5. The molecule has 1 rings (SSSR count). The Bertz CT molecular complexity index is 390. The van der Waals surface area contributed by atoms with Crippen LogP contribution in [0.3, 0.4) is 0 Å². The number of azide groups is 1. The molecule has 0 aromatic heterocycles. The highest BCUT2D eigenvalue weighted by atomic mass is 28.4. The van der Waals surface area contributed by atoms with Crippen LogP contribution in [-0.2, 0) is 4.43 Å². The molecule has 1 aliphatic carbocycles. The van der Waals surface area contributed by atoms with Crippen molar-refractivity contribution in [1.82, 2.24) is 0 Å². The number of rotatable bonds is 6. The molecule has 1 aliphatic rings. The van der Waals surface area contributed by atoms with Gasteiger partial charge in [0.1, 0.15) is 0 Å². The van der Waals surface area contributed by atoms with E-state index in [9.17, 15) is 0 Å². The van der Waals surface area contributed by atoms with Gasteiger partial charge < -0.3 is 4.43 Å². The van der Waals surface area contributed by atoms with E-state index in [0.29, 0.717) is 16.6 Å². The van der Waals surface area contributed by atoms with Gasteiger partial charge in [-0.25, -0.2) is 0 Å². The predicted molar refractivity (Wildman–Crippen MR) is 91.6 cm³/mol. The molecule has 0 saturated carbocycles. The second kappa shape index (κ2) is 7.90. The van der Waals surface area contributed by atoms with Crippen LogP contribution in [0.1, 0.15) is 67.2 Å². The average Bonchev–Trinajstić information content (AvgIpc) is 2.60. The Balaban J connectivity index is 3.08. The van der Waals surface area contributed by atoms with Crippen LogP contribution < -0.4 is 0 Å². The van der Waals surface area contributed by atoms with Crippen LogP contribution in [0, 0.1) is 0 Å². The van der Waals surface area contributed by atoms with Crippen LogP contribution >= 0.6 is 0 Å². The zero-order valence-corrected chi connectivity index (χ0v) is 15.5. The molecule has 0 saturated heterocycles. The van der Waals surface area contributed by atoms with Gasteiger partial charge in [-0.3, -0.25) is 0 Å². The van der Waals surface area contributed by atoms with Crippen LogP contribution in [0.25, 0.3) is 10.4 Å². The molecule has 0 heterocycles. The summed E-state index contributed by atoms with van der Waals surface area (Å²) in [5.74, 6) is 1.08. The third-order valence-electron chi connectivity index (χ3n) is 4.77. The van der Waals surface area contributed by atoms with E-state index >= 15 is 0 Å². The maximum Gasteiger partial charge on any atom is 0.258 e. The van der Waals surface area contributed by atoms with Gasteiger partial charge >= 0.3 is 0 Å². The van der Waals surface area contributed by atoms with Gasteiger partial charge in [0.15, 0.2) is 0 Å². The lowest BCUT2D eigenvalue weighted by Gasteiger charge is -2.43. The zero-order chi connectivity index (χ0) is 16.0. The van der Waals surface area contributed by atoms with Crippen molar-refractivity contribution in [2.75, 3.05) is 0 Å². The highest BCUT2D eigenvalue weighted by molar-refractivity contribution is 6.77. The van der Waals surface area contributed by atoms with Crippen molar-refractivity contribution in [2.24, 2.45) is 5.11 Å². The summed E-state index contributed by atoms with van der Waals surface area (Å²) in [5, 5.41) is 3.90. The lowest BCUT2D eigenvalue weighted by atomic mass is 10.2. The van der Waals surface area contributed by atoms with Crippen LogP contribution in [-0.4, -0.2) is 14.4 Å². The summed E-state index contributed by atoms with van der Waals surface area (Å²) in [7, 11) is -1.89. The summed E-state index contributed by atoms with van der Waals surface area (Å²) in [4.78, 5) is 2.97. The largest absolute Gasteiger partial charge is 0.546 e. The summed E-state index contributed by atoms with van der Waals surface area (Å²) in [5.41, 5.74) is 10.4. The fourth-order valence-electron chi connectivity index (χ4n) is 3.86. The molecule has 0 aromatic rings. The SMILES string of the molecule is CC(C)[Si](OC1=CC(N=[N+]=[N-])CCCC1)(C(C)C)C(C)C. The van der Waals surface area contributed by atoms with Gasteiger partial charge in [0.05, 0.1) is 11.8 Å². The van der Waals surface area contributed by atoms with E-state index in [-0.39, 0.29) is 6.04 Å². The molecule has 0 aliphatic heterocycles. The van der Waals surface area contributed by atoms with Crippen molar-refractivity contribution >= 4 is 8.32 Å². The summed E-state index contributed by atoms with van der Waals surface area (Å²) in [6.07, 6.45) is 6.24. The van der Waals surface area contributed by atoms with Crippen molar-refractivity contribution in [2.45, 2.75) is 89.9 Å². The Morgan fingerprint density at radius 1 is 1.14 bits per heavy atom. The summed E-state index contributed by atoms with van der Waals surface area (Å²) < 4.78 is 6.74. The minimum absolute atomic E-state index is 0.0364. The third-order valence-corrected chi connectivity index (χ3v) is 10.8. The summed E-state index contributed by atoms with van der Waals surface area (Å²) in [6, 6.07) is -0.0364. The normalized spacial score (nSPS) is 20.2. The average molecular weight is 310 g/mol. The quantitative estimate of drug-likeness (QED) is 0.245. The van der Waals surface area contributed by atoms with E-state index < -0.39 is 8.32 Å². The molecule has 0 N–H and O–H groups in total. The third kappa shape index (κ3) is 4.27. The Morgan fingerprint density at radius 2 is 1.71 bits per heavy atom. The minimum atomic E-state index is -1.89. The fourth-order valence-corrected chi connectivity index (χ4v) is 9.19. The lowest BCUT2D eigenvalue weighted by molar-refractivity contribution is 0.352. The Labute approximate surface area is 130 Å². The van der Waals surface area contributed by atoms with E-state index in [1.807, 2.05) is 0 Å². The Hall–Kier alpha value is -0.933. The van der Waals surface area contributed by atoms with Crippen LogP contribution in [0.5, 0.6) is 0 Å². The molecule has 0 bridgehead atoms. The predicted octanol–water partition coefficient (Wildman–Crippen LogP) is 6.32. The number of nitrogens with zero attached hydrogens (tertiary/aromatic N) is 3. The van der Waals surface area contributed by atoms with Crippen molar-refractivity contribution in [1.29, 1.82) is 0 Å². The molecule has 1 unspecified atom stereocenters.